The van der Waals surface area contributed by atoms with Crippen molar-refractivity contribution in [1.82, 2.24) is 0 Å². The molecule has 0 aromatic heterocycles. The van der Waals surface area contributed by atoms with E-state index in [-0.39, 0.29) is 10.5 Å². The standard InChI is InChI=1S/C15H15N3O2S/c1-10-4-3-5-14(11(10)2)18-21(19,20)15-7-6-13(17)8-12(15)9-16/h3-8,18H,17H2,1-2H3. The van der Waals surface area contributed by atoms with Gasteiger partial charge in [0.15, 0.2) is 0 Å². The predicted octanol–water partition coefficient (Wildman–Crippen LogP) is 2.56. The number of rotatable bonds is 3. The molecule has 0 aliphatic heterocycles. The molecule has 0 amide bonds. The highest BCUT2D eigenvalue weighted by Gasteiger charge is 2.19. The molecule has 6 heteroatoms. The van der Waals surface area contributed by atoms with Gasteiger partial charge in [0.05, 0.1) is 11.3 Å². The second kappa shape index (κ2) is 5.46. The van der Waals surface area contributed by atoms with E-state index in [4.69, 9.17) is 11.0 Å². The molecule has 2 rings (SSSR count). The van der Waals surface area contributed by atoms with Gasteiger partial charge in [0.2, 0.25) is 0 Å². The quantitative estimate of drug-likeness (QED) is 0.851. The number of nitrogens with zero attached hydrogens (tertiary/aromatic N) is 1. The lowest BCUT2D eigenvalue weighted by atomic mass is 10.1. The third kappa shape index (κ3) is 2.98. The van der Waals surface area contributed by atoms with Crippen LogP contribution < -0.4 is 10.5 Å². The Hall–Kier alpha value is -2.52. The molecule has 0 spiro atoms. The van der Waals surface area contributed by atoms with Crippen molar-refractivity contribution in [3.63, 3.8) is 0 Å². The maximum absolute atomic E-state index is 12.5. The summed E-state index contributed by atoms with van der Waals surface area (Å²) < 4.78 is 27.4. The highest BCUT2D eigenvalue weighted by atomic mass is 32.2. The molecule has 2 aromatic carbocycles. The number of aryl methyl sites for hydroxylation is 1. The summed E-state index contributed by atoms with van der Waals surface area (Å²) in [4.78, 5) is -0.0832. The number of benzene rings is 2. The first kappa shape index (κ1) is 14.9. The molecule has 0 radical (unpaired) electrons. The number of hydrogen-bond acceptors (Lipinski definition) is 4. The Kier molecular flexibility index (Phi) is 3.87. The molecule has 0 saturated heterocycles. The highest BCUT2D eigenvalue weighted by Crippen LogP contribution is 2.24. The van der Waals surface area contributed by atoms with Crippen LogP contribution in [-0.2, 0) is 10.0 Å². The van der Waals surface area contributed by atoms with Gasteiger partial charge in [-0.25, -0.2) is 8.42 Å². The molecule has 0 saturated carbocycles. The fraction of sp³-hybridized carbons (Fsp3) is 0.133. The smallest absolute Gasteiger partial charge is 0.263 e. The Morgan fingerprint density at radius 2 is 1.90 bits per heavy atom. The summed E-state index contributed by atoms with van der Waals surface area (Å²) in [6.45, 7) is 3.73. The minimum absolute atomic E-state index is 0.0211. The molecule has 0 fully saturated rings. The monoisotopic (exact) mass is 301 g/mol. The molecule has 0 unspecified atom stereocenters. The summed E-state index contributed by atoms with van der Waals surface area (Å²) in [5.41, 5.74) is 8.26. The largest absolute Gasteiger partial charge is 0.399 e. The van der Waals surface area contributed by atoms with E-state index < -0.39 is 10.0 Å². The Morgan fingerprint density at radius 3 is 2.57 bits per heavy atom. The second-order valence-electron chi connectivity index (χ2n) is 4.72. The molecule has 0 atom stereocenters. The van der Waals surface area contributed by atoms with Crippen LogP contribution in [0.2, 0.25) is 0 Å². The summed E-state index contributed by atoms with van der Waals surface area (Å²) in [5, 5.41) is 9.07. The van der Waals surface area contributed by atoms with E-state index in [1.54, 1.807) is 12.1 Å². The topological polar surface area (TPSA) is 96.0 Å². The van der Waals surface area contributed by atoms with Gasteiger partial charge in [0.1, 0.15) is 11.0 Å². The average Bonchev–Trinajstić information content (AvgIpc) is 2.43. The van der Waals surface area contributed by atoms with Crippen molar-refractivity contribution in [2.75, 3.05) is 10.5 Å². The lowest BCUT2D eigenvalue weighted by molar-refractivity contribution is 0.601. The summed E-state index contributed by atoms with van der Waals surface area (Å²) in [6.07, 6.45) is 0. The van der Waals surface area contributed by atoms with E-state index in [0.29, 0.717) is 11.4 Å². The molecule has 3 N–H and O–H groups in total. The number of anilines is 2. The van der Waals surface area contributed by atoms with Crippen molar-refractivity contribution >= 4 is 21.4 Å². The van der Waals surface area contributed by atoms with E-state index in [1.807, 2.05) is 26.0 Å². The van der Waals surface area contributed by atoms with Crippen LogP contribution in [0.3, 0.4) is 0 Å². The normalized spacial score (nSPS) is 10.9. The molecule has 0 aliphatic rings. The minimum atomic E-state index is -3.84. The Balaban J connectivity index is 2.49. The molecule has 5 nitrogen and oxygen atoms in total. The SMILES string of the molecule is Cc1cccc(NS(=O)(=O)c2ccc(N)cc2C#N)c1C. The van der Waals surface area contributed by atoms with Crippen LogP contribution in [0.1, 0.15) is 16.7 Å². The van der Waals surface area contributed by atoms with Gasteiger partial charge in [0, 0.05) is 5.69 Å². The third-order valence-corrected chi connectivity index (χ3v) is 4.69. The zero-order valence-electron chi connectivity index (χ0n) is 11.7. The minimum Gasteiger partial charge on any atom is -0.399 e. The maximum Gasteiger partial charge on any atom is 0.263 e. The van der Waals surface area contributed by atoms with Crippen molar-refractivity contribution in [1.29, 1.82) is 5.26 Å². The zero-order chi connectivity index (χ0) is 15.6. The van der Waals surface area contributed by atoms with Crippen LogP contribution in [-0.4, -0.2) is 8.42 Å². The number of nitrogen functional groups attached to an aromatic ring is 1. The molecule has 0 aliphatic carbocycles. The lowest BCUT2D eigenvalue weighted by Crippen LogP contribution is -2.15. The number of nitriles is 1. The van der Waals surface area contributed by atoms with Gasteiger partial charge in [-0.15, -0.1) is 0 Å². The van der Waals surface area contributed by atoms with Crippen LogP contribution in [0.15, 0.2) is 41.3 Å². The van der Waals surface area contributed by atoms with Gasteiger partial charge < -0.3 is 5.73 Å². The van der Waals surface area contributed by atoms with E-state index in [9.17, 15) is 8.42 Å². The van der Waals surface area contributed by atoms with Gasteiger partial charge in [-0.3, -0.25) is 4.72 Å². The van der Waals surface area contributed by atoms with Crippen LogP contribution in [0.4, 0.5) is 11.4 Å². The molecular weight excluding hydrogens is 286 g/mol. The third-order valence-electron chi connectivity index (χ3n) is 3.26. The first-order valence-electron chi connectivity index (χ1n) is 6.24. The molecular formula is C15H15N3O2S. The number of sulfonamides is 1. The first-order chi connectivity index (χ1) is 9.85. The van der Waals surface area contributed by atoms with Gasteiger partial charge in [-0.2, -0.15) is 5.26 Å². The van der Waals surface area contributed by atoms with Crippen LogP contribution in [0, 0.1) is 25.2 Å². The molecule has 0 heterocycles. The average molecular weight is 301 g/mol. The summed E-state index contributed by atoms with van der Waals surface area (Å²) in [5.74, 6) is 0. The van der Waals surface area contributed by atoms with Crippen molar-refractivity contribution < 1.29 is 8.42 Å². The number of hydrogen-bond donors (Lipinski definition) is 2. The van der Waals surface area contributed by atoms with E-state index in [2.05, 4.69) is 4.72 Å². The van der Waals surface area contributed by atoms with Crippen molar-refractivity contribution in [3.05, 3.63) is 53.1 Å². The van der Waals surface area contributed by atoms with Crippen LogP contribution in [0.25, 0.3) is 0 Å². The number of nitrogens with one attached hydrogen (secondary N) is 1. The summed E-state index contributed by atoms with van der Waals surface area (Å²) in [6, 6.07) is 11.3. The number of nitrogens with two attached hydrogens (primary N) is 1. The summed E-state index contributed by atoms with van der Waals surface area (Å²) in [7, 11) is -3.84. The second-order valence-corrected chi connectivity index (χ2v) is 6.37. The molecule has 108 valence electrons. The lowest BCUT2D eigenvalue weighted by Gasteiger charge is -2.13. The van der Waals surface area contributed by atoms with Crippen molar-refractivity contribution in [2.24, 2.45) is 0 Å². The van der Waals surface area contributed by atoms with E-state index in [1.165, 1.54) is 18.2 Å². The van der Waals surface area contributed by atoms with Crippen molar-refractivity contribution in [2.45, 2.75) is 18.7 Å². The van der Waals surface area contributed by atoms with Gasteiger partial charge in [-0.1, -0.05) is 12.1 Å². The Morgan fingerprint density at radius 1 is 1.19 bits per heavy atom. The summed E-state index contributed by atoms with van der Waals surface area (Å²) >= 11 is 0. The predicted molar refractivity (Wildman–Crippen MR) is 82.3 cm³/mol. The molecule has 21 heavy (non-hydrogen) atoms. The highest BCUT2D eigenvalue weighted by molar-refractivity contribution is 7.92. The molecule has 2 aromatic rings. The van der Waals surface area contributed by atoms with Gasteiger partial charge in [-0.05, 0) is 49.2 Å². The van der Waals surface area contributed by atoms with Gasteiger partial charge in [0.25, 0.3) is 10.0 Å². The van der Waals surface area contributed by atoms with E-state index >= 15 is 0 Å². The molecule has 0 bridgehead atoms. The van der Waals surface area contributed by atoms with Gasteiger partial charge >= 0.3 is 0 Å². The maximum atomic E-state index is 12.5. The first-order valence-corrected chi connectivity index (χ1v) is 7.72. The van der Waals surface area contributed by atoms with Crippen molar-refractivity contribution in [3.8, 4) is 6.07 Å². The van der Waals surface area contributed by atoms with Crippen LogP contribution in [0.5, 0.6) is 0 Å². The van der Waals surface area contributed by atoms with Crippen LogP contribution >= 0.6 is 0 Å². The Bertz CT molecular complexity index is 836. The fourth-order valence-corrected chi connectivity index (χ4v) is 3.19. The Labute approximate surface area is 124 Å². The van der Waals surface area contributed by atoms with E-state index in [0.717, 1.165) is 11.1 Å². The fourth-order valence-electron chi connectivity index (χ4n) is 1.93. The zero-order valence-corrected chi connectivity index (χ0v) is 12.5.